The molecule has 0 atom stereocenters. The highest BCUT2D eigenvalue weighted by molar-refractivity contribution is 7.80. The number of nitrogens with zero attached hydrogens (tertiary/aromatic N) is 2. The molecule has 0 aromatic heterocycles. The maximum absolute atomic E-state index is 12.3. The Bertz CT molecular complexity index is 493. The van der Waals surface area contributed by atoms with Crippen LogP contribution < -0.4 is 5.73 Å². The minimum absolute atomic E-state index is 0.203. The molecule has 1 aliphatic rings. The first-order valence-corrected chi connectivity index (χ1v) is 7.90. The van der Waals surface area contributed by atoms with E-state index in [0.717, 1.165) is 43.9 Å². The highest BCUT2D eigenvalue weighted by Crippen LogP contribution is 2.09. The monoisotopic (exact) mass is 305 g/mol. The number of amides is 1. The van der Waals surface area contributed by atoms with Gasteiger partial charge in [-0.05, 0) is 18.5 Å². The fourth-order valence-electron chi connectivity index (χ4n) is 2.61. The van der Waals surface area contributed by atoms with E-state index in [-0.39, 0.29) is 5.91 Å². The molecule has 1 aromatic carbocycles. The minimum Gasteiger partial charge on any atom is -0.389 e. The Labute approximate surface area is 131 Å². The predicted octanol–water partition coefficient (Wildman–Crippen LogP) is 1.42. The molecular formula is C16H23N3OS. The molecule has 1 saturated heterocycles. The summed E-state index contributed by atoms with van der Waals surface area (Å²) in [7, 11) is 0. The third-order valence-corrected chi connectivity index (χ3v) is 4.09. The molecule has 1 fully saturated rings. The van der Waals surface area contributed by atoms with Crippen LogP contribution in [0.4, 0.5) is 0 Å². The van der Waals surface area contributed by atoms with Gasteiger partial charge >= 0.3 is 0 Å². The zero-order valence-electron chi connectivity index (χ0n) is 12.5. The second-order valence-corrected chi connectivity index (χ2v) is 5.90. The van der Waals surface area contributed by atoms with Gasteiger partial charge in [-0.2, -0.15) is 0 Å². The lowest BCUT2D eigenvalue weighted by Gasteiger charge is -2.34. The summed E-state index contributed by atoms with van der Waals surface area (Å²) in [6.45, 7) is 6.96. The molecule has 0 unspecified atom stereocenters. The van der Waals surface area contributed by atoms with E-state index in [1.165, 1.54) is 6.42 Å². The summed E-state index contributed by atoms with van der Waals surface area (Å²) in [6.07, 6.45) is 1.62. The van der Waals surface area contributed by atoms with Crippen LogP contribution in [0.15, 0.2) is 24.3 Å². The van der Waals surface area contributed by atoms with Crippen molar-refractivity contribution in [3.8, 4) is 0 Å². The van der Waals surface area contributed by atoms with Gasteiger partial charge < -0.3 is 10.6 Å². The van der Waals surface area contributed by atoms with E-state index in [9.17, 15) is 4.79 Å². The SMILES string of the molecule is CCCN1CCN(C(=O)Cc2ccc(C(N)=S)cc2)CC1. The zero-order valence-corrected chi connectivity index (χ0v) is 13.4. The lowest BCUT2D eigenvalue weighted by Crippen LogP contribution is -2.49. The van der Waals surface area contributed by atoms with Crippen molar-refractivity contribution in [2.24, 2.45) is 5.73 Å². The number of hydrogen-bond donors (Lipinski definition) is 1. The van der Waals surface area contributed by atoms with Crippen molar-refractivity contribution in [1.82, 2.24) is 9.80 Å². The lowest BCUT2D eigenvalue weighted by molar-refractivity contribution is -0.132. The number of hydrogen-bond acceptors (Lipinski definition) is 3. The fraction of sp³-hybridized carbons (Fsp3) is 0.500. The normalized spacial score (nSPS) is 16.0. The summed E-state index contributed by atoms with van der Waals surface area (Å²) in [4.78, 5) is 17.1. The molecule has 0 saturated carbocycles. The first-order valence-electron chi connectivity index (χ1n) is 7.49. The number of piperazine rings is 1. The molecule has 5 heteroatoms. The Hall–Kier alpha value is -1.46. The van der Waals surface area contributed by atoms with E-state index in [1.807, 2.05) is 29.2 Å². The maximum atomic E-state index is 12.3. The Morgan fingerprint density at radius 1 is 1.19 bits per heavy atom. The van der Waals surface area contributed by atoms with Gasteiger partial charge in [0.15, 0.2) is 0 Å². The van der Waals surface area contributed by atoms with Crippen LogP contribution in [0.1, 0.15) is 24.5 Å². The largest absolute Gasteiger partial charge is 0.389 e. The van der Waals surface area contributed by atoms with Crippen LogP contribution in [0.3, 0.4) is 0 Å². The summed E-state index contributed by atoms with van der Waals surface area (Å²) >= 11 is 4.93. The van der Waals surface area contributed by atoms with Crippen molar-refractivity contribution < 1.29 is 4.79 Å². The van der Waals surface area contributed by atoms with Crippen LogP contribution in [0.2, 0.25) is 0 Å². The summed E-state index contributed by atoms with van der Waals surface area (Å²) in [5.41, 5.74) is 7.42. The Morgan fingerprint density at radius 2 is 1.81 bits per heavy atom. The van der Waals surface area contributed by atoms with Gasteiger partial charge in [-0.25, -0.2) is 0 Å². The summed E-state index contributed by atoms with van der Waals surface area (Å²) < 4.78 is 0. The smallest absolute Gasteiger partial charge is 0.227 e. The van der Waals surface area contributed by atoms with Crippen molar-refractivity contribution in [1.29, 1.82) is 0 Å². The summed E-state index contributed by atoms with van der Waals surface area (Å²) in [5.74, 6) is 0.203. The minimum atomic E-state index is 0.203. The number of carbonyl (C=O) groups is 1. The Balaban J connectivity index is 1.86. The summed E-state index contributed by atoms with van der Waals surface area (Å²) in [5, 5.41) is 0. The average molecular weight is 305 g/mol. The van der Waals surface area contributed by atoms with Crippen LogP contribution in [0.5, 0.6) is 0 Å². The Morgan fingerprint density at radius 3 is 2.33 bits per heavy atom. The van der Waals surface area contributed by atoms with Crippen LogP contribution in [-0.4, -0.2) is 53.4 Å². The van der Waals surface area contributed by atoms with Crippen molar-refractivity contribution in [3.63, 3.8) is 0 Å². The van der Waals surface area contributed by atoms with Crippen LogP contribution in [0.25, 0.3) is 0 Å². The van der Waals surface area contributed by atoms with Gasteiger partial charge in [0.1, 0.15) is 4.99 Å². The van der Waals surface area contributed by atoms with Gasteiger partial charge in [-0.15, -0.1) is 0 Å². The van der Waals surface area contributed by atoms with Gasteiger partial charge in [0.25, 0.3) is 0 Å². The lowest BCUT2D eigenvalue weighted by atomic mass is 10.1. The predicted molar refractivity (Wildman–Crippen MR) is 89.3 cm³/mol. The number of carbonyl (C=O) groups excluding carboxylic acids is 1. The van der Waals surface area contributed by atoms with E-state index >= 15 is 0 Å². The molecule has 1 aromatic rings. The molecule has 1 amide bonds. The average Bonchev–Trinajstić information content (AvgIpc) is 2.49. The van der Waals surface area contributed by atoms with Crippen molar-refractivity contribution >= 4 is 23.1 Å². The third-order valence-electron chi connectivity index (χ3n) is 3.86. The van der Waals surface area contributed by atoms with Crippen LogP contribution in [0, 0.1) is 0 Å². The van der Waals surface area contributed by atoms with Gasteiger partial charge in [-0.1, -0.05) is 43.4 Å². The van der Waals surface area contributed by atoms with Gasteiger partial charge in [0, 0.05) is 31.7 Å². The number of nitrogens with two attached hydrogens (primary N) is 1. The zero-order chi connectivity index (χ0) is 15.2. The standard InChI is InChI=1S/C16H23N3OS/c1-2-7-18-8-10-19(11-9-18)15(20)12-13-3-5-14(6-4-13)16(17)21/h3-6H,2,7-12H2,1H3,(H2,17,21). The van der Waals surface area contributed by atoms with Crippen molar-refractivity contribution in [2.75, 3.05) is 32.7 Å². The van der Waals surface area contributed by atoms with E-state index in [2.05, 4.69) is 11.8 Å². The molecule has 1 aliphatic heterocycles. The quantitative estimate of drug-likeness (QED) is 0.836. The van der Waals surface area contributed by atoms with E-state index in [1.54, 1.807) is 0 Å². The second kappa shape index (κ2) is 7.52. The van der Waals surface area contributed by atoms with E-state index < -0.39 is 0 Å². The molecule has 0 bridgehead atoms. The Kier molecular flexibility index (Phi) is 5.70. The van der Waals surface area contributed by atoms with Crippen molar-refractivity contribution in [2.45, 2.75) is 19.8 Å². The molecule has 2 rings (SSSR count). The van der Waals surface area contributed by atoms with Gasteiger partial charge in [0.2, 0.25) is 5.91 Å². The van der Waals surface area contributed by atoms with Crippen LogP contribution in [-0.2, 0) is 11.2 Å². The molecular weight excluding hydrogens is 282 g/mol. The number of benzene rings is 1. The molecule has 0 spiro atoms. The topological polar surface area (TPSA) is 49.6 Å². The first kappa shape index (κ1) is 15.9. The molecule has 2 N–H and O–H groups in total. The van der Waals surface area contributed by atoms with Crippen LogP contribution >= 0.6 is 12.2 Å². The van der Waals surface area contributed by atoms with Gasteiger partial charge in [-0.3, -0.25) is 9.69 Å². The fourth-order valence-corrected chi connectivity index (χ4v) is 2.75. The molecule has 0 aliphatic carbocycles. The number of thiocarbonyl (C=S) groups is 1. The van der Waals surface area contributed by atoms with Crippen molar-refractivity contribution in [3.05, 3.63) is 35.4 Å². The molecule has 0 radical (unpaired) electrons. The highest BCUT2D eigenvalue weighted by atomic mass is 32.1. The molecule has 1 heterocycles. The molecule has 21 heavy (non-hydrogen) atoms. The van der Waals surface area contributed by atoms with E-state index in [4.69, 9.17) is 18.0 Å². The molecule has 114 valence electrons. The van der Waals surface area contributed by atoms with E-state index in [0.29, 0.717) is 11.4 Å². The third kappa shape index (κ3) is 4.51. The maximum Gasteiger partial charge on any atom is 0.227 e. The number of rotatable bonds is 5. The second-order valence-electron chi connectivity index (χ2n) is 5.46. The molecule has 4 nitrogen and oxygen atoms in total. The summed E-state index contributed by atoms with van der Waals surface area (Å²) in [6, 6.07) is 7.62. The first-order chi connectivity index (χ1) is 10.1. The highest BCUT2D eigenvalue weighted by Gasteiger charge is 2.20. The van der Waals surface area contributed by atoms with Gasteiger partial charge in [0.05, 0.1) is 6.42 Å².